The predicted molar refractivity (Wildman–Crippen MR) is 176 cm³/mol. The summed E-state index contributed by atoms with van der Waals surface area (Å²) < 4.78 is 11.5. The highest BCUT2D eigenvalue weighted by Crippen LogP contribution is 2.29. The lowest BCUT2D eigenvalue weighted by Gasteiger charge is -2.15. The number of benzene rings is 2. The number of carbonyl (C=O) groups is 1. The lowest BCUT2D eigenvalue weighted by atomic mass is 10.1. The SMILES string of the molecule is Br.CCCCCCCCCCCCCCOc1ccc(OCC(=O)Nc2ccc(CN3C=CSC3)cc2)c(Cl)c1. The van der Waals surface area contributed by atoms with Gasteiger partial charge in [-0.2, -0.15) is 0 Å². The van der Waals surface area contributed by atoms with E-state index < -0.39 is 0 Å². The average Bonchev–Trinajstić information content (AvgIpc) is 3.45. The number of amides is 1. The number of thioether (sulfide) groups is 1. The molecule has 0 bridgehead atoms. The Labute approximate surface area is 261 Å². The molecule has 1 aliphatic rings. The van der Waals surface area contributed by atoms with E-state index in [1.54, 1.807) is 23.9 Å². The molecule has 222 valence electrons. The second-order valence-corrected chi connectivity index (χ2v) is 11.5. The summed E-state index contributed by atoms with van der Waals surface area (Å²) in [7, 11) is 0. The number of carbonyl (C=O) groups excluding carboxylic acids is 1. The predicted octanol–water partition coefficient (Wildman–Crippen LogP) is 9.99. The minimum atomic E-state index is -0.231. The van der Waals surface area contributed by atoms with E-state index in [0.29, 0.717) is 17.4 Å². The molecule has 1 N–H and O–H groups in total. The number of halogens is 2. The van der Waals surface area contributed by atoms with Crippen molar-refractivity contribution >= 4 is 51.9 Å². The first-order valence-electron chi connectivity index (χ1n) is 14.6. The molecular formula is C32H46BrClN2O3S. The van der Waals surface area contributed by atoms with Gasteiger partial charge in [-0.05, 0) is 41.7 Å². The van der Waals surface area contributed by atoms with Crippen molar-refractivity contribution in [3.8, 4) is 11.5 Å². The van der Waals surface area contributed by atoms with E-state index in [9.17, 15) is 4.79 Å². The molecule has 1 amide bonds. The molecule has 0 spiro atoms. The fourth-order valence-corrected chi connectivity index (χ4v) is 5.44. The molecule has 0 aliphatic carbocycles. The summed E-state index contributed by atoms with van der Waals surface area (Å²) in [5.41, 5.74) is 1.94. The van der Waals surface area contributed by atoms with Crippen LogP contribution in [0.15, 0.2) is 54.1 Å². The number of nitrogens with zero attached hydrogens (tertiary/aromatic N) is 1. The smallest absolute Gasteiger partial charge is 0.262 e. The van der Waals surface area contributed by atoms with Crippen LogP contribution in [0, 0.1) is 0 Å². The van der Waals surface area contributed by atoms with Gasteiger partial charge >= 0.3 is 0 Å². The summed E-state index contributed by atoms with van der Waals surface area (Å²) in [5.74, 6) is 1.94. The van der Waals surface area contributed by atoms with Gasteiger partial charge in [0.1, 0.15) is 11.5 Å². The van der Waals surface area contributed by atoms with Gasteiger partial charge < -0.3 is 19.7 Å². The topological polar surface area (TPSA) is 50.8 Å². The van der Waals surface area contributed by atoms with Crippen molar-refractivity contribution < 1.29 is 14.3 Å². The van der Waals surface area contributed by atoms with Crippen molar-refractivity contribution in [3.63, 3.8) is 0 Å². The molecule has 2 aromatic carbocycles. The molecule has 0 saturated heterocycles. The van der Waals surface area contributed by atoms with Crippen molar-refractivity contribution in [2.24, 2.45) is 0 Å². The van der Waals surface area contributed by atoms with Crippen LogP contribution in [0.25, 0.3) is 0 Å². The third kappa shape index (κ3) is 14.2. The highest BCUT2D eigenvalue weighted by molar-refractivity contribution is 8.93. The Hall–Kier alpha value is -1.83. The molecule has 0 aromatic heterocycles. The summed E-state index contributed by atoms with van der Waals surface area (Å²) in [5, 5.41) is 5.41. The minimum Gasteiger partial charge on any atom is -0.494 e. The molecule has 1 aliphatic heterocycles. The fourth-order valence-electron chi connectivity index (χ4n) is 4.50. The second-order valence-electron chi connectivity index (χ2n) is 10.2. The monoisotopic (exact) mass is 652 g/mol. The van der Waals surface area contributed by atoms with Crippen LogP contribution in [0.4, 0.5) is 5.69 Å². The maximum absolute atomic E-state index is 12.4. The Morgan fingerprint density at radius 1 is 0.900 bits per heavy atom. The van der Waals surface area contributed by atoms with Gasteiger partial charge in [0, 0.05) is 24.5 Å². The van der Waals surface area contributed by atoms with E-state index >= 15 is 0 Å². The lowest BCUT2D eigenvalue weighted by Crippen LogP contribution is -2.20. The average molecular weight is 654 g/mol. The van der Waals surface area contributed by atoms with Crippen LogP contribution < -0.4 is 14.8 Å². The highest BCUT2D eigenvalue weighted by Gasteiger charge is 2.09. The molecule has 2 aromatic rings. The molecule has 3 rings (SSSR count). The largest absolute Gasteiger partial charge is 0.494 e. The standard InChI is InChI=1S/C32H45ClN2O3S.BrH/c1-2-3-4-5-6-7-8-9-10-11-12-13-21-37-29-18-19-31(30(33)23-29)38-25-32(36)34-28-16-14-27(15-17-28)24-35-20-22-39-26-35;/h14-20,22-23H,2-13,21,24-26H2,1H3,(H,34,36);1H. The van der Waals surface area contributed by atoms with E-state index in [1.165, 1.54) is 76.2 Å². The van der Waals surface area contributed by atoms with Crippen LogP contribution in [-0.2, 0) is 11.3 Å². The number of nitrogens with one attached hydrogen (secondary N) is 1. The van der Waals surface area contributed by atoms with Crippen molar-refractivity contribution in [2.75, 3.05) is 24.4 Å². The van der Waals surface area contributed by atoms with Gasteiger partial charge in [-0.25, -0.2) is 0 Å². The summed E-state index contributed by atoms with van der Waals surface area (Å²) >= 11 is 8.16. The van der Waals surface area contributed by atoms with Crippen molar-refractivity contribution in [1.29, 1.82) is 0 Å². The van der Waals surface area contributed by atoms with Crippen LogP contribution >= 0.6 is 40.3 Å². The normalized spacial score (nSPS) is 12.3. The zero-order chi connectivity index (χ0) is 27.5. The summed E-state index contributed by atoms with van der Waals surface area (Å²) in [6.45, 7) is 3.70. The van der Waals surface area contributed by atoms with Crippen LogP contribution in [0.5, 0.6) is 11.5 Å². The Morgan fingerprint density at radius 3 is 2.15 bits per heavy atom. The van der Waals surface area contributed by atoms with Crippen LogP contribution in [0.2, 0.25) is 5.02 Å². The van der Waals surface area contributed by atoms with E-state index in [0.717, 1.165) is 30.3 Å². The quantitative estimate of drug-likeness (QED) is 0.144. The molecule has 5 nitrogen and oxygen atoms in total. The van der Waals surface area contributed by atoms with E-state index in [4.69, 9.17) is 21.1 Å². The first-order chi connectivity index (χ1) is 19.1. The molecule has 8 heteroatoms. The van der Waals surface area contributed by atoms with E-state index in [2.05, 4.69) is 28.7 Å². The molecular weight excluding hydrogens is 608 g/mol. The number of hydrogen-bond donors (Lipinski definition) is 1. The van der Waals surface area contributed by atoms with E-state index in [1.807, 2.05) is 30.3 Å². The Morgan fingerprint density at radius 2 is 1.55 bits per heavy atom. The second kappa shape index (κ2) is 21.0. The summed E-state index contributed by atoms with van der Waals surface area (Å²) in [6.07, 6.45) is 18.0. The number of rotatable bonds is 20. The zero-order valence-corrected chi connectivity index (χ0v) is 27.2. The van der Waals surface area contributed by atoms with Gasteiger partial charge in [0.15, 0.2) is 6.61 Å². The lowest BCUT2D eigenvalue weighted by molar-refractivity contribution is -0.118. The van der Waals surface area contributed by atoms with Crippen LogP contribution in [-0.4, -0.2) is 29.9 Å². The molecule has 0 unspecified atom stereocenters. The first kappa shape index (κ1) is 34.4. The molecule has 0 fully saturated rings. The molecule has 1 heterocycles. The molecule has 0 radical (unpaired) electrons. The van der Waals surface area contributed by atoms with Gasteiger partial charge in [0.25, 0.3) is 5.91 Å². The number of hydrogen-bond acceptors (Lipinski definition) is 5. The maximum Gasteiger partial charge on any atom is 0.262 e. The maximum atomic E-state index is 12.4. The molecule has 40 heavy (non-hydrogen) atoms. The van der Waals surface area contributed by atoms with Gasteiger partial charge in [0.05, 0.1) is 17.5 Å². The third-order valence-corrected chi connectivity index (χ3v) is 7.85. The van der Waals surface area contributed by atoms with E-state index in [-0.39, 0.29) is 29.5 Å². The van der Waals surface area contributed by atoms with Gasteiger partial charge in [-0.3, -0.25) is 4.79 Å². The van der Waals surface area contributed by atoms with Crippen molar-refractivity contribution in [1.82, 2.24) is 4.90 Å². The summed E-state index contributed by atoms with van der Waals surface area (Å²) in [4.78, 5) is 14.6. The number of unbranched alkanes of at least 4 members (excludes halogenated alkanes) is 11. The van der Waals surface area contributed by atoms with Crippen LogP contribution in [0.3, 0.4) is 0 Å². The Kier molecular flexibility index (Phi) is 18.0. The molecule has 0 atom stereocenters. The Balaban J connectivity index is 0.00000560. The molecule has 0 saturated carbocycles. The third-order valence-electron chi connectivity index (χ3n) is 6.76. The Bertz CT molecular complexity index is 1010. The minimum absolute atomic E-state index is 0. The first-order valence-corrected chi connectivity index (χ1v) is 16.0. The highest BCUT2D eigenvalue weighted by atomic mass is 79.9. The summed E-state index contributed by atoms with van der Waals surface area (Å²) in [6, 6.07) is 13.2. The van der Waals surface area contributed by atoms with Crippen molar-refractivity contribution in [3.05, 3.63) is 64.7 Å². The van der Waals surface area contributed by atoms with Crippen LogP contribution in [0.1, 0.15) is 89.5 Å². The fraction of sp³-hybridized carbons (Fsp3) is 0.531. The van der Waals surface area contributed by atoms with Crippen molar-refractivity contribution in [2.45, 2.75) is 90.5 Å². The van der Waals surface area contributed by atoms with Gasteiger partial charge in [0.2, 0.25) is 0 Å². The number of ether oxygens (including phenoxy) is 2. The zero-order valence-electron chi connectivity index (χ0n) is 23.9. The van der Waals surface area contributed by atoms with Gasteiger partial charge in [-0.15, -0.1) is 28.7 Å². The van der Waals surface area contributed by atoms with Gasteiger partial charge in [-0.1, -0.05) is 101 Å². The number of anilines is 1.